The van der Waals surface area contributed by atoms with Crippen molar-refractivity contribution in [1.82, 2.24) is 15.0 Å². The quantitative estimate of drug-likeness (QED) is 0.597. The highest BCUT2D eigenvalue weighted by Crippen LogP contribution is 2.39. The summed E-state index contributed by atoms with van der Waals surface area (Å²) in [5.74, 6) is -0.874. The summed E-state index contributed by atoms with van der Waals surface area (Å²) in [6, 6.07) is 0. The highest BCUT2D eigenvalue weighted by molar-refractivity contribution is 5.74. The highest BCUT2D eigenvalue weighted by atomic mass is 16.7. The number of hydrogen-bond donors (Lipinski definition) is 1. The topological polar surface area (TPSA) is 82.6 Å². The molecule has 0 amide bonds. The van der Waals surface area contributed by atoms with Crippen molar-refractivity contribution in [2.24, 2.45) is 0 Å². The molecular formula is C24H45N3O5. The van der Waals surface area contributed by atoms with Crippen LogP contribution in [0.25, 0.3) is 0 Å². The van der Waals surface area contributed by atoms with Crippen LogP contribution in [0.1, 0.15) is 93.9 Å². The molecule has 0 radical (unpaired) electrons. The van der Waals surface area contributed by atoms with E-state index in [1.165, 1.54) is 0 Å². The molecule has 2 heterocycles. The molecule has 0 saturated carbocycles. The maximum Gasteiger partial charge on any atom is 0.339 e. The first-order valence-electron chi connectivity index (χ1n) is 12.0. The second-order valence-corrected chi connectivity index (χ2v) is 11.9. The van der Waals surface area contributed by atoms with Gasteiger partial charge in [-0.15, -0.1) is 10.1 Å². The molecule has 8 heteroatoms. The fourth-order valence-electron chi connectivity index (χ4n) is 5.43. The van der Waals surface area contributed by atoms with Crippen LogP contribution < -0.4 is 0 Å². The minimum absolute atomic E-state index is 0.0922. The van der Waals surface area contributed by atoms with E-state index in [0.717, 1.165) is 38.5 Å². The predicted molar refractivity (Wildman–Crippen MR) is 123 cm³/mol. The summed E-state index contributed by atoms with van der Waals surface area (Å²) in [6.07, 6.45) is 5.94. The second kappa shape index (κ2) is 9.95. The molecule has 2 fully saturated rings. The fourth-order valence-corrected chi connectivity index (χ4v) is 5.43. The Balaban J connectivity index is 2.01. The zero-order valence-corrected chi connectivity index (χ0v) is 21.5. The third-order valence-electron chi connectivity index (χ3n) is 6.86. The third-order valence-corrected chi connectivity index (χ3v) is 6.86. The van der Waals surface area contributed by atoms with Gasteiger partial charge in [-0.3, -0.25) is 4.90 Å². The van der Waals surface area contributed by atoms with E-state index >= 15 is 0 Å². The molecule has 0 atom stereocenters. The van der Waals surface area contributed by atoms with Gasteiger partial charge in [0, 0.05) is 6.54 Å². The Morgan fingerprint density at radius 1 is 0.719 bits per heavy atom. The SMILES string of the molecule is CC1(C)CCCC(C)(C)N1OC(=O)CN(CCO)CC(=O)ON1C(C)(C)CCCC1(C)C. The lowest BCUT2D eigenvalue weighted by Crippen LogP contribution is -2.60. The molecule has 2 aliphatic rings. The smallest absolute Gasteiger partial charge is 0.339 e. The first-order chi connectivity index (χ1) is 14.6. The summed E-state index contributed by atoms with van der Waals surface area (Å²) in [5, 5.41) is 13.1. The Hall–Kier alpha value is -1.22. The van der Waals surface area contributed by atoms with Gasteiger partial charge in [0.15, 0.2) is 0 Å². The van der Waals surface area contributed by atoms with E-state index in [2.05, 4.69) is 55.4 Å². The summed E-state index contributed by atoms with van der Waals surface area (Å²) >= 11 is 0. The van der Waals surface area contributed by atoms with Crippen LogP contribution >= 0.6 is 0 Å². The van der Waals surface area contributed by atoms with E-state index in [4.69, 9.17) is 9.68 Å². The molecular weight excluding hydrogens is 410 g/mol. The average molecular weight is 456 g/mol. The fraction of sp³-hybridized carbons (Fsp3) is 0.917. The maximum absolute atomic E-state index is 12.8. The largest absolute Gasteiger partial charge is 0.395 e. The van der Waals surface area contributed by atoms with Crippen molar-refractivity contribution >= 4 is 11.9 Å². The van der Waals surface area contributed by atoms with Crippen LogP contribution in [-0.2, 0) is 19.3 Å². The highest BCUT2D eigenvalue weighted by Gasteiger charge is 2.45. The third kappa shape index (κ3) is 6.65. The second-order valence-electron chi connectivity index (χ2n) is 11.9. The Labute approximate surface area is 194 Å². The van der Waals surface area contributed by atoms with Crippen molar-refractivity contribution in [1.29, 1.82) is 0 Å². The van der Waals surface area contributed by atoms with Crippen molar-refractivity contribution in [3.8, 4) is 0 Å². The van der Waals surface area contributed by atoms with Gasteiger partial charge in [-0.25, -0.2) is 9.59 Å². The summed E-state index contributed by atoms with van der Waals surface area (Å²) in [5.41, 5.74) is -1.04. The predicted octanol–water partition coefficient (Wildman–Crippen LogP) is 3.28. The van der Waals surface area contributed by atoms with Gasteiger partial charge < -0.3 is 14.8 Å². The summed E-state index contributed by atoms with van der Waals surface area (Å²) in [7, 11) is 0. The number of aliphatic hydroxyl groups excluding tert-OH is 1. The normalized spacial score (nSPS) is 24.8. The molecule has 0 spiro atoms. The molecule has 2 saturated heterocycles. The zero-order valence-electron chi connectivity index (χ0n) is 21.5. The number of piperidine rings is 2. The van der Waals surface area contributed by atoms with Crippen molar-refractivity contribution in [2.45, 2.75) is 116 Å². The van der Waals surface area contributed by atoms with E-state index in [1.807, 2.05) is 0 Å². The lowest BCUT2D eigenvalue weighted by molar-refractivity contribution is -0.268. The van der Waals surface area contributed by atoms with Crippen molar-refractivity contribution < 1.29 is 24.4 Å². The molecule has 0 aromatic carbocycles. The van der Waals surface area contributed by atoms with E-state index in [-0.39, 0.29) is 48.4 Å². The summed E-state index contributed by atoms with van der Waals surface area (Å²) in [4.78, 5) is 38.8. The number of hydrogen-bond acceptors (Lipinski definition) is 8. The van der Waals surface area contributed by atoms with Gasteiger partial charge in [-0.05, 0) is 93.9 Å². The Morgan fingerprint density at radius 3 is 1.31 bits per heavy atom. The van der Waals surface area contributed by atoms with Crippen molar-refractivity contribution in [2.75, 3.05) is 26.2 Å². The molecule has 32 heavy (non-hydrogen) atoms. The molecule has 0 aliphatic carbocycles. The molecule has 186 valence electrons. The number of nitrogens with zero attached hydrogens (tertiary/aromatic N) is 3. The van der Waals surface area contributed by atoms with Gasteiger partial charge in [0.05, 0.1) is 41.9 Å². The number of hydroxylamine groups is 4. The van der Waals surface area contributed by atoms with E-state index < -0.39 is 11.9 Å². The summed E-state index contributed by atoms with van der Waals surface area (Å²) < 4.78 is 0. The minimum Gasteiger partial charge on any atom is -0.395 e. The van der Waals surface area contributed by atoms with Gasteiger partial charge in [0.1, 0.15) is 0 Å². The van der Waals surface area contributed by atoms with Gasteiger partial charge in [-0.2, -0.15) is 0 Å². The number of carbonyl (C=O) groups excluding carboxylic acids is 2. The van der Waals surface area contributed by atoms with Crippen LogP contribution in [0.15, 0.2) is 0 Å². The van der Waals surface area contributed by atoms with Crippen LogP contribution in [0.3, 0.4) is 0 Å². The maximum atomic E-state index is 12.8. The van der Waals surface area contributed by atoms with Crippen LogP contribution in [-0.4, -0.2) is 80.5 Å². The number of aliphatic hydroxyl groups is 1. The molecule has 2 rings (SSSR count). The van der Waals surface area contributed by atoms with Gasteiger partial charge in [0.25, 0.3) is 0 Å². The van der Waals surface area contributed by atoms with Gasteiger partial charge in [0.2, 0.25) is 0 Å². The molecule has 0 aromatic rings. The molecule has 0 unspecified atom stereocenters. The molecule has 8 nitrogen and oxygen atoms in total. The Morgan fingerprint density at radius 2 is 1.03 bits per heavy atom. The van der Waals surface area contributed by atoms with E-state index in [9.17, 15) is 14.7 Å². The van der Waals surface area contributed by atoms with Crippen LogP contribution in [0.2, 0.25) is 0 Å². The number of rotatable bonds is 8. The molecule has 0 aromatic heterocycles. The average Bonchev–Trinajstić information content (AvgIpc) is 2.61. The van der Waals surface area contributed by atoms with E-state index in [1.54, 1.807) is 15.0 Å². The zero-order chi connectivity index (χ0) is 24.4. The van der Waals surface area contributed by atoms with Crippen molar-refractivity contribution in [3.05, 3.63) is 0 Å². The van der Waals surface area contributed by atoms with Gasteiger partial charge in [-0.1, -0.05) is 0 Å². The molecule has 1 N–H and O–H groups in total. The van der Waals surface area contributed by atoms with E-state index in [0.29, 0.717) is 0 Å². The minimum atomic E-state index is -0.437. The standard InChI is InChI=1S/C24H45N3O5/c1-21(2)11-9-12-22(3,4)26(21)31-19(29)17-25(15-16-28)18-20(30)32-27-23(5,6)13-10-14-24(27,7)8/h28H,9-18H2,1-8H3. The van der Waals surface area contributed by atoms with Crippen LogP contribution in [0, 0.1) is 0 Å². The first-order valence-corrected chi connectivity index (χ1v) is 12.0. The monoisotopic (exact) mass is 455 g/mol. The van der Waals surface area contributed by atoms with Gasteiger partial charge >= 0.3 is 11.9 Å². The molecule has 2 aliphatic heterocycles. The number of carbonyl (C=O) groups is 2. The van der Waals surface area contributed by atoms with Crippen LogP contribution in [0.5, 0.6) is 0 Å². The lowest BCUT2D eigenvalue weighted by atomic mass is 9.82. The molecule has 0 bridgehead atoms. The lowest BCUT2D eigenvalue weighted by Gasteiger charge is -2.50. The van der Waals surface area contributed by atoms with Crippen molar-refractivity contribution in [3.63, 3.8) is 0 Å². The Bertz CT molecular complexity index is 589. The van der Waals surface area contributed by atoms with Crippen LogP contribution in [0.4, 0.5) is 0 Å². The summed E-state index contributed by atoms with van der Waals surface area (Å²) in [6.45, 7) is 16.4. The first kappa shape index (κ1) is 27.0. The Kier molecular flexibility index (Phi) is 8.41.